The molecule has 0 unspecified atom stereocenters. The van der Waals surface area contributed by atoms with Gasteiger partial charge in [-0.3, -0.25) is 5.10 Å². The summed E-state index contributed by atoms with van der Waals surface area (Å²) in [5, 5.41) is 10.3. The molecular formula is C20H23N3O. The number of hydrogen-bond acceptors (Lipinski definition) is 3. The molecule has 1 aromatic heterocycles. The maximum absolute atomic E-state index is 5.58. The number of aromatic amines is 1. The summed E-state index contributed by atoms with van der Waals surface area (Å²) in [7, 11) is 2.16. The Kier molecular flexibility index (Phi) is 4.32. The minimum Gasteiger partial charge on any atom is -0.376 e. The molecule has 0 saturated carbocycles. The van der Waals surface area contributed by atoms with E-state index in [2.05, 4.69) is 64.6 Å². The molecule has 4 nitrogen and oxygen atoms in total. The van der Waals surface area contributed by atoms with Crippen LogP contribution in [0.1, 0.15) is 22.5 Å². The van der Waals surface area contributed by atoms with Crippen molar-refractivity contribution in [3.63, 3.8) is 0 Å². The summed E-state index contributed by atoms with van der Waals surface area (Å²) in [5.41, 5.74) is 5.05. The highest BCUT2D eigenvalue weighted by Gasteiger charge is 2.18. The van der Waals surface area contributed by atoms with Gasteiger partial charge in [-0.05, 0) is 29.8 Å². The Morgan fingerprint density at radius 2 is 2.04 bits per heavy atom. The van der Waals surface area contributed by atoms with Crippen LogP contribution in [0.15, 0.2) is 42.5 Å². The number of likely N-dealkylation sites (N-methyl/N-ethyl adjacent to an activating group) is 1. The van der Waals surface area contributed by atoms with E-state index in [1.54, 1.807) is 0 Å². The van der Waals surface area contributed by atoms with Gasteiger partial charge in [-0.15, -0.1) is 0 Å². The van der Waals surface area contributed by atoms with E-state index in [0.29, 0.717) is 6.61 Å². The van der Waals surface area contributed by atoms with Crippen molar-refractivity contribution >= 4 is 10.8 Å². The highest BCUT2D eigenvalue weighted by Crippen LogP contribution is 2.21. The first-order valence-corrected chi connectivity index (χ1v) is 8.59. The van der Waals surface area contributed by atoms with Crippen LogP contribution >= 0.6 is 0 Å². The molecule has 0 atom stereocenters. The number of nitrogens with zero attached hydrogens (tertiary/aromatic N) is 2. The normalized spacial score (nSPS) is 14.2. The van der Waals surface area contributed by atoms with E-state index in [1.165, 1.54) is 27.6 Å². The minimum absolute atomic E-state index is 0.693. The summed E-state index contributed by atoms with van der Waals surface area (Å²) in [6.45, 7) is 3.36. The Hall–Kier alpha value is -2.17. The van der Waals surface area contributed by atoms with E-state index in [-0.39, 0.29) is 0 Å². The SMILES string of the molecule is CN(CCc1cccc2ccccc12)Cc1n[nH]c2c1COCC2. The monoisotopic (exact) mass is 321 g/mol. The van der Waals surface area contributed by atoms with Gasteiger partial charge < -0.3 is 9.64 Å². The van der Waals surface area contributed by atoms with Crippen molar-refractivity contribution in [2.75, 3.05) is 20.2 Å². The van der Waals surface area contributed by atoms with E-state index in [4.69, 9.17) is 4.74 Å². The van der Waals surface area contributed by atoms with Crippen LogP contribution in [0.2, 0.25) is 0 Å². The van der Waals surface area contributed by atoms with Crippen LogP contribution in [-0.2, 0) is 30.7 Å². The highest BCUT2D eigenvalue weighted by atomic mass is 16.5. The molecular weight excluding hydrogens is 298 g/mol. The van der Waals surface area contributed by atoms with Gasteiger partial charge in [-0.1, -0.05) is 42.5 Å². The lowest BCUT2D eigenvalue weighted by molar-refractivity contribution is 0.109. The van der Waals surface area contributed by atoms with E-state index in [0.717, 1.165) is 38.2 Å². The van der Waals surface area contributed by atoms with Crippen LogP contribution in [0.3, 0.4) is 0 Å². The molecule has 1 aliphatic heterocycles. The molecule has 1 aliphatic rings. The number of aromatic nitrogens is 2. The first-order chi connectivity index (χ1) is 11.8. The fourth-order valence-corrected chi connectivity index (χ4v) is 3.46. The van der Waals surface area contributed by atoms with E-state index in [1.807, 2.05) is 0 Å². The van der Waals surface area contributed by atoms with Gasteiger partial charge in [0.1, 0.15) is 0 Å². The zero-order valence-corrected chi connectivity index (χ0v) is 14.1. The van der Waals surface area contributed by atoms with Crippen molar-refractivity contribution in [3.8, 4) is 0 Å². The summed E-state index contributed by atoms with van der Waals surface area (Å²) < 4.78 is 5.58. The molecule has 4 rings (SSSR count). The number of rotatable bonds is 5. The summed E-state index contributed by atoms with van der Waals surface area (Å²) in [6.07, 6.45) is 1.99. The molecule has 0 fully saturated rings. The van der Waals surface area contributed by atoms with Gasteiger partial charge in [0.15, 0.2) is 0 Å². The van der Waals surface area contributed by atoms with Gasteiger partial charge in [0.25, 0.3) is 0 Å². The van der Waals surface area contributed by atoms with Crippen molar-refractivity contribution in [1.82, 2.24) is 15.1 Å². The summed E-state index contributed by atoms with van der Waals surface area (Å²) in [6, 6.07) is 15.2. The topological polar surface area (TPSA) is 41.2 Å². The average molecular weight is 321 g/mol. The van der Waals surface area contributed by atoms with Crippen molar-refractivity contribution in [1.29, 1.82) is 0 Å². The zero-order valence-electron chi connectivity index (χ0n) is 14.1. The van der Waals surface area contributed by atoms with Crippen molar-refractivity contribution in [2.45, 2.75) is 26.0 Å². The van der Waals surface area contributed by atoms with E-state index in [9.17, 15) is 0 Å². The summed E-state index contributed by atoms with van der Waals surface area (Å²) >= 11 is 0. The number of hydrogen-bond donors (Lipinski definition) is 1. The second-order valence-electron chi connectivity index (χ2n) is 6.56. The van der Waals surface area contributed by atoms with Gasteiger partial charge >= 0.3 is 0 Å². The lowest BCUT2D eigenvalue weighted by Crippen LogP contribution is -2.22. The maximum atomic E-state index is 5.58. The standard InChI is InChI=1S/C20H23N3O/c1-23(13-20-18-14-24-12-10-19(18)21-22-20)11-9-16-7-4-6-15-5-2-3-8-17(15)16/h2-8H,9-14H2,1H3,(H,21,22). The fraction of sp³-hybridized carbons (Fsp3) is 0.350. The Bertz CT molecular complexity index is 835. The van der Waals surface area contributed by atoms with Crippen molar-refractivity contribution in [2.24, 2.45) is 0 Å². The first-order valence-electron chi connectivity index (χ1n) is 8.59. The molecule has 124 valence electrons. The largest absolute Gasteiger partial charge is 0.376 e. The third kappa shape index (κ3) is 3.07. The first kappa shape index (κ1) is 15.4. The third-order valence-electron chi connectivity index (χ3n) is 4.84. The fourth-order valence-electron chi connectivity index (χ4n) is 3.46. The Labute approximate surface area is 142 Å². The zero-order chi connectivity index (χ0) is 16.4. The van der Waals surface area contributed by atoms with E-state index >= 15 is 0 Å². The summed E-state index contributed by atoms with van der Waals surface area (Å²) in [5.74, 6) is 0. The number of benzene rings is 2. The molecule has 4 heteroatoms. The molecule has 2 aromatic carbocycles. The minimum atomic E-state index is 0.693. The van der Waals surface area contributed by atoms with Crippen LogP contribution < -0.4 is 0 Å². The average Bonchev–Trinajstić information content (AvgIpc) is 3.03. The quantitative estimate of drug-likeness (QED) is 0.784. The Morgan fingerprint density at radius 3 is 3.00 bits per heavy atom. The van der Waals surface area contributed by atoms with Crippen LogP contribution in [-0.4, -0.2) is 35.3 Å². The predicted octanol–water partition coefficient (Wildman–Crippen LogP) is 3.31. The van der Waals surface area contributed by atoms with Crippen LogP contribution in [0.5, 0.6) is 0 Å². The number of fused-ring (bicyclic) bond motifs is 2. The van der Waals surface area contributed by atoms with Crippen LogP contribution in [0.4, 0.5) is 0 Å². The van der Waals surface area contributed by atoms with Gasteiger partial charge in [-0.2, -0.15) is 5.10 Å². The second kappa shape index (κ2) is 6.75. The van der Waals surface area contributed by atoms with Gasteiger partial charge in [-0.25, -0.2) is 0 Å². The van der Waals surface area contributed by atoms with Gasteiger partial charge in [0, 0.05) is 30.8 Å². The highest BCUT2D eigenvalue weighted by molar-refractivity contribution is 5.85. The molecule has 1 N–H and O–H groups in total. The maximum Gasteiger partial charge on any atom is 0.0820 e. The number of H-pyrrole nitrogens is 1. The lowest BCUT2D eigenvalue weighted by Gasteiger charge is -2.18. The van der Waals surface area contributed by atoms with E-state index < -0.39 is 0 Å². The van der Waals surface area contributed by atoms with Crippen LogP contribution in [0, 0.1) is 0 Å². The Balaban J connectivity index is 1.43. The second-order valence-corrected chi connectivity index (χ2v) is 6.56. The lowest BCUT2D eigenvalue weighted by atomic mass is 10.0. The van der Waals surface area contributed by atoms with Gasteiger partial charge in [0.05, 0.1) is 18.9 Å². The molecule has 24 heavy (non-hydrogen) atoms. The predicted molar refractivity (Wildman–Crippen MR) is 95.9 cm³/mol. The molecule has 0 bridgehead atoms. The smallest absolute Gasteiger partial charge is 0.0820 e. The molecule has 0 aliphatic carbocycles. The molecule has 2 heterocycles. The molecule has 0 spiro atoms. The molecule has 0 saturated heterocycles. The van der Waals surface area contributed by atoms with Crippen LogP contribution in [0.25, 0.3) is 10.8 Å². The number of ether oxygens (including phenoxy) is 1. The molecule has 0 amide bonds. The number of nitrogens with one attached hydrogen (secondary N) is 1. The molecule has 3 aromatic rings. The van der Waals surface area contributed by atoms with Gasteiger partial charge in [0.2, 0.25) is 0 Å². The third-order valence-corrected chi connectivity index (χ3v) is 4.84. The molecule has 0 radical (unpaired) electrons. The van der Waals surface area contributed by atoms with Crippen molar-refractivity contribution in [3.05, 3.63) is 65.0 Å². The van der Waals surface area contributed by atoms with Crippen molar-refractivity contribution < 1.29 is 4.74 Å². The Morgan fingerprint density at radius 1 is 1.17 bits per heavy atom. The summed E-state index contributed by atoms with van der Waals surface area (Å²) in [4.78, 5) is 2.34.